The van der Waals surface area contributed by atoms with Gasteiger partial charge in [0.15, 0.2) is 0 Å². The molecule has 1 aromatic heterocycles. The lowest BCUT2D eigenvalue weighted by atomic mass is 10.1. The predicted molar refractivity (Wildman–Crippen MR) is 71.7 cm³/mol. The van der Waals surface area contributed by atoms with E-state index in [2.05, 4.69) is 29.5 Å². The number of nitrogens with zero attached hydrogens (tertiary/aromatic N) is 3. The fourth-order valence-corrected chi connectivity index (χ4v) is 1.96. The van der Waals surface area contributed by atoms with E-state index in [-0.39, 0.29) is 0 Å². The fraction of sp³-hybridized carbons (Fsp3) is 0.846. The number of nitrogens with one attached hydrogen (secondary N) is 1. The third kappa shape index (κ3) is 5.26. The van der Waals surface area contributed by atoms with Crippen LogP contribution in [0.1, 0.15) is 26.0 Å². The lowest BCUT2D eigenvalue weighted by Gasteiger charge is -2.08. The molecule has 1 aliphatic rings. The molecule has 2 rings (SSSR count). The summed E-state index contributed by atoms with van der Waals surface area (Å²) in [4.78, 5) is 0. The third-order valence-corrected chi connectivity index (χ3v) is 3.12. The molecule has 0 aromatic carbocycles. The second kappa shape index (κ2) is 7.57. The van der Waals surface area contributed by atoms with Crippen LogP contribution in [0.4, 0.5) is 0 Å². The fourth-order valence-electron chi connectivity index (χ4n) is 1.96. The standard InChI is InChI=1S/C13H24N4O2/c1-11(2)14-7-13-8-17(16-15-13)4-6-19-10-12-3-5-18-9-12/h8,11-12,14H,3-7,9-10H2,1-2H3. The normalized spacial score (nSPS) is 19.4. The predicted octanol–water partition coefficient (Wildman–Crippen LogP) is 0.829. The summed E-state index contributed by atoms with van der Waals surface area (Å²) in [6.07, 6.45) is 3.09. The van der Waals surface area contributed by atoms with Crippen LogP contribution in [-0.2, 0) is 22.6 Å². The van der Waals surface area contributed by atoms with Gasteiger partial charge in [0.25, 0.3) is 0 Å². The average molecular weight is 268 g/mol. The SMILES string of the molecule is CC(C)NCc1cn(CCOCC2CCOC2)nn1. The second-order valence-electron chi connectivity index (χ2n) is 5.31. The maximum Gasteiger partial charge on any atom is 0.0964 e. The average Bonchev–Trinajstić information content (AvgIpc) is 3.04. The highest BCUT2D eigenvalue weighted by atomic mass is 16.5. The number of ether oxygens (including phenoxy) is 2. The van der Waals surface area contributed by atoms with Crippen LogP contribution in [0.5, 0.6) is 0 Å². The number of hydrogen-bond donors (Lipinski definition) is 1. The molecular weight excluding hydrogens is 244 g/mol. The first-order valence-corrected chi connectivity index (χ1v) is 7.02. The van der Waals surface area contributed by atoms with E-state index in [0.717, 1.165) is 45.0 Å². The molecule has 0 saturated carbocycles. The Morgan fingerprint density at radius 3 is 3.21 bits per heavy atom. The Balaban J connectivity index is 1.60. The molecule has 0 aliphatic carbocycles. The summed E-state index contributed by atoms with van der Waals surface area (Å²) >= 11 is 0. The topological polar surface area (TPSA) is 61.2 Å². The summed E-state index contributed by atoms with van der Waals surface area (Å²) in [5.74, 6) is 0.571. The van der Waals surface area contributed by atoms with E-state index in [9.17, 15) is 0 Å². The van der Waals surface area contributed by atoms with Crippen LogP contribution in [0.3, 0.4) is 0 Å². The third-order valence-electron chi connectivity index (χ3n) is 3.12. The maximum absolute atomic E-state index is 5.64. The van der Waals surface area contributed by atoms with Crippen molar-refractivity contribution in [1.82, 2.24) is 20.3 Å². The van der Waals surface area contributed by atoms with Gasteiger partial charge in [-0.15, -0.1) is 5.10 Å². The Bertz CT molecular complexity index is 361. The van der Waals surface area contributed by atoms with Crippen molar-refractivity contribution in [3.05, 3.63) is 11.9 Å². The second-order valence-corrected chi connectivity index (χ2v) is 5.31. The van der Waals surface area contributed by atoms with E-state index in [0.29, 0.717) is 18.6 Å². The smallest absolute Gasteiger partial charge is 0.0964 e. The van der Waals surface area contributed by atoms with Crippen molar-refractivity contribution in [2.75, 3.05) is 26.4 Å². The van der Waals surface area contributed by atoms with Crippen molar-refractivity contribution in [2.45, 2.75) is 39.4 Å². The molecule has 1 N–H and O–H groups in total. The van der Waals surface area contributed by atoms with Crippen molar-refractivity contribution < 1.29 is 9.47 Å². The van der Waals surface area contributed by atoms with Crippen molar-refractivity contribution in [2.24, 2.45) is 5.92 Å². The van der Waals surface area contributed by atoms with Crippen molar-refractivity contribution in [3.8, 4) is 0 Å². The van der Waals surface area contributed by atoms with E-state index in [1.807, 2.05) is 10.9 Å². The molecule has 1 saturated heterocycles. The van der Waals surface area contributed by atoms with Gasteiger partial charge in [0.05, 0.1) is 32.1 Å². The molecular formula is C13H24N4O2. The Morgan fingerprint density at radius 1 is 1.58 bits per heavy atom. The lowest BCUT2D eigenvalue weighted by molar-refractivity contribution is 0.0828. The van der Waals surface area contributed by atoms with Crippen molar-refractivity contribution in [1.29, 1.82) is 0 Å². The molecule has 1 aliphatic heterocycles. The molecule has 108 valence electrons. The summed E-state index contributed by atoms with van der Waals surface area (Å²) in [5, 5.41) is 11.5. The van der Waals surface area contributed by atoms with Gasteiger partial charge in [-0.25, -0.2) is 4.68 Å². The van der Waals surface area contributed by atoms with Gasteiger partial charge in [-0.05, 0) is 6.42 Å². The summed E-state index contributed by atoms with van der Waals surface area (Å²) in [7, 11) is 0. The highest BCUT2D eigenvalue weighted by molar-refractivity contribution is 4.91. The highest BCUT2D eigenvalue weighted by Crippen LogP contribution is 2.12. The minimum Gasteiger partial charge on any atom is -0.381 e. The molecule has 2 heterocycles. The van der Waals surface area contributed by atoms with Crippen LogP contribution in [0.15, 0.2) is 6.20 Å². The van der Waals surface area contributed by atoms with E-state index in [1.165, 1.54) is 0 Å². The molecule has 6 heteroatoms. The van der Waals surface area contributed by atoms with E-state index >= 15 is 0 Å². The molecule has 0 spiro atoms. The summed E-state index contributed by atoms with van der Waals surface area (Å²) in [5.41, 5.74) is 0.970. The van der Waals surface area contributed by atoms with Gasteiger partial charge in [-0.1, -0.05) is 19.1 Å². The largest absolute Gasteiger partial charge is 0.381 e. The number of hydrogen-bond acceptors (Lipinski definition) is 5. The minimum absolute atomic E-state index is 0.460. The first-order chi connectivity index (χ1) is 9.24. The molecule has 0 bridgehead atoms. The Labute approximate surface area is 114 Å². The van der Waals surface area contributed by atoms with Gasteiger partial charge in [-0.2, -0.15) is 0 Å². The first kappa shape index (κ1) is 14.4. The summed E-state index contributed by atoms with van der Waals surface area (Å²) in [6.45, 7) is 8.93. The van der Waals surface area contributed by atoms with Gasteiger partial charge in [-0.3, -0.25) is 0 Å². The molecule has 6 nitrogen and oxygen atoms in total. The number of rotatable bonds is 8. The van der Waals surface area contributed by atoms with Crippen molar-refractivity contribution >= 4 is 0 Å². The molecule has 0 radical (unpaired) electrons. The Hall–Kier alpha value is -0.980. The van der Waals surface area contributed by atoms with E-state index in [1.54, 1.807) is 0 Å². The lowest BCUT2D eigenvalue weighted by Crippen LogP contribution is -2.21. The van der Waals surface area contributed by atoms with Crippen LogP contribution in [0, 0.1) is 5.92 Å². The van der Waals surface area contributed by atoms with Crippen LogP contribution >= 0.6 is 0 Å². The van der Waals surface area contributed by atoms with Gasteiger partial charge in [0, 0.05) is 31.3 Å². The molecule has 1 aromatic rings. The van der Waals surface area contributed by atoms with Gasteiger partial charge in [0.1, 0.15) is 0 Å². The highest BCUT2D eigenvalue weighted by Gasteiger charge is 2.15. The van der Waals surface area contributed by atoms with Crippen LogP contribution in [0.25, 0.3) is 0 Å². The quantitative estimate of drug-likeness (QED) is 0.708. The van der Waals surface area contributed by atoms with Gasteiger partial charge < -0.3 is 14.8 Å². The van der Waals surface area contributed by atoms with Crippen LogP contribution < -0.4 is 5.32 Å². The molecule has 0 amide bonds. The van der Waals surface area contributed by atoms with Crippen LogP contribution in [-0.4, -0.2) is 47.5 Å². The van der Waals surface area contributed by atoms with Crippen LogP contribution in [0.2, 0.25) is 0 Å². The monoisotopic (exact) mass is 268 g/mol. The van der Waals surface area contributed by atoms with Gasteiger partial charge >= 0.3 is 0 Å². The van der Waals surface area contributed by atoms with E-state index < -0.39 is 0 Å². The first-order valence-electron chi connectivity index (χ1n) is 7.02. The van der Waals surface area contributed by atoms with E-state index in [4.69, 9.17) is 9.47 Å². The Morgan fingerprint density at radius 2 is 2.47 bits per heavy atom. The van der Waals surface area contributed by atoms with Gasteiger partial charge in [0.2, 0.25) is 0 Å². The zero-order chi connectivity index (χ0) is 13.5. The summed E-state index contributed by atoms with van der Waals surface area (Å²) in [6, 6.07) is 0.460. The zero-order valence-corrected chi connectivity index (χ0v) is 11.8. The molecule has 1 fully saturated rings. The molecule has 1 atom stereocenters. The minimum atomic E-state index is 0.460. The van der Waals surface area contributed by atoms with Crippen molar-refractivity contribution in [3.63, 3.8) is 0 Å². The zero-order valence-electron chi connectivity index (χ0n) is 11.8. The Kier molecular flexibility index (Phi) is 5.75. The molecule has 19 heavy (non-hydrogen) atoms. The maximum atomic E-state index is 5.64. The summed E-state index contributed by atoms with van der Waals surface area (Å²) < 4.78 is 12.8. The molecule has 1 unspecified atom stereocenters. The number of aromatic nitrogens is 3.